The van der Waals surface area contributed by atoms with Crippen LogP contribution in [-0.2, 0) is 4.79 Å². The smallest absolute Gasteiger partial charge is 0.239 e. The second kappa shape index (κ2) is 5.87. The lowest BCUT2D eigenvalue weighted by molar-refractivity contribution is -0.135. The van der Waals surface area contributed by atoms with Gasteiger partial charge in [-0.2, -0.15) is 0 Å². The third kappa shape index (κ3) is 2.94. The van der Waals surface area contributed by atoms with E-state index in [4.69, 9.17) is 5.73 Å². The van der Waals surface area contributed by atoms with Gasteiger partial charge in [0.05, 0.1) is 6.04 Å². The third-order valence-corrected chi connectivity index (χ3v) is 4.79. The predicted octanol–water partition coefficient (Wildman–Crippen LogP) is 2.46. The van der Waals surface area contributed by atoms with Crippen LogP contribution < -0.4 is 5.73 Å². The summed E-state index contributed by atoms with van der Waals surface area (Å²) in [6.07, 6.45) is 11.6. The van der Waals surface area contributed by atoms with Crippen LogP contribution in [0, 0.1) is 5.41 Å². The molecule has 3 nitrogen and oxygen atoms in total. The molecule has 2 rings (SSSR count). The van der Waals surface area contributed by atoms with Gasteiger partial charge in [-0.15, -0.1) is 6.58 Å². The SMILES string of the molecule is C=CCC(N)C(=O)N1CCC2(CCCCC2)CC1. The van der Waals surface area contributed by atoms with E-state index in [1.54, 1.807) is 6.08 Å². The number of carbonyl (C=O) groups is 1. The van der Waals surface area contributed by atoms with Crippen LogP contribution >= 0.6 is 0 Å². The molecular formula is C15H26N2O. The van der Waals surface area contributed by atoms with Crippen molar-refractivity contribution in [3.05, 3.63) is 12.7 Å². The summed E-state index contributed by atoms with van der Waals surface area (Å²) in [5.41, 5.74) is 6.42. The number of nitrogens with two attached hydrogens (primary N) is 1. The quantitative estimate of drug-likeness (QED) is 0.782. The van der Waals surface area contributed by atoms with Gasteiger partial charge in [0.2, 0.25) is 5.91 Å². The van der Waals surface area contributed by atoms with Crippen molar-refractivity contribution in [1.82, 2.24) is 4.90 Å². The molecule has 2 aliphatic rings. The van der Waals surface area contributed by atoms with Crippen molar-refractivity contribution in [2.45, 2.75) is 57.4 Å². The molecule has 0 aromatic heterocycles. The zero-order chi connectivity index (χ0) is 13.0. The Hall–Kier alpha value is -0.830. The predicted molar refractivity (Wildman–Crippen MR) is 74.1 cm³/mol. The second-order valence-corrected chi connectivity index (χ2v) is 6.02. The third-order valence-electron chi connectivity index (χ3n) is 4.79. The summed E-state index contributed by atoms with van der Waals surface area (Å²) in [4.78, 5) is 14.1. The van der Waals surface area contributed by atoms with Crippen LogP contribution in [0.4, 0.5) is 0 Å². The number of hydrogen-bond acceptors (Lipinski definition) is 2. The van der Waals surface area contributed by atoms with Crippen LogP contribution in [0.25, 0.3) is 0 Å². The largest absolute Gasteiger partial charge is 0.341 e. The Labute approximate surface area is 110 Å². The Kier molecular flexibility index (Phi) is 4.44. The van der Waals surface area contributed by atoms with Crippen molar-refractivity contribution in [2.75, 3.05) is 13.1 Å². The first-order chi connectivity index (χ1) is 8.67. The summed E-state index contributed by atoms with van der Waals surface area (Å²) < 4.78 is 0. The van der Waals surface area contributed by atoms with Gasteiger partial charge in [0.15, 0.2) is 0 Å². The highest BCUT2D eigenvalue weighted by atomic mass is 16.2. The fraction of sp³-hybridized carbons (Fsp3) is 0.800. The van der Waals surface area contributed by atoms with Crippen molar-refractivity contribution >= 4 is 5.91 Å². The Balaban J connectivity index is 1.85. The zero-order valence-corrected chi connectivity index (χ0v) is 11.4. The lowest BCUT2D eigenvalue weighted by atomic mass is 9.68. The maximum atomic E-state index is 12.1. The number of nitrogens with zero attached hydrogens (tertiary/aromatic N) is 1. The molecule has 2 fully saturated rings. The molecule has 1 saturated heterocycles. The maximum Gasteiger partial charge on any atom is 0.239 e. The molecule has 0 aromatic rings. The van der Waals surface area contributed by atoms with Gasteiger partial charge in [-0.3, -0.25) is 4.79 Å². The molecule has 1 unspecified atom stereocenters. The van der Waals surface area contributed by atoms with E-state index in [-0.39, 0.29) is 11.9 Å². The fourth-order valence-corrected chi connectivity index (χ4v) is 3.52. The summed E-state index contributed by atoms with van der Waals surface area (Å²) in [6, 6.07) is -0.386. The molecule has 0 bridgehead atoms. The van der Waals surface area contributed by atoms with Crippen molar-refractivity contribution in [3.8, 4) is 0 Å². The average Bonchev–Trinajstić information content (AvgIpc) is 2.40. The Bertz CT molecular complexity index is 298. The number of likely N-dealkylation sites (tertiary alicyclic amines) is 1. The standard InChI is InChI=1S/C15H26N2O/c1-2-6-13(16)14(18)17-11-9-15(10-12-17)7-4-3-5-8-15/h2,13H,1,3-12,16H2. The maximum absolute atomic E-state index is 12.1. The number of amides is 1. The second-order valence-electron chi connectivity index (χ2n) is 6.02. The van der Waals surface area contributed by atoms with Crippen LogP contribution in [0.2, 0.25) is 0 Å². The van der Waals surface area contributed by atoms with E-state index in [0.717, 1.165) is 13.1 Å². The molecule has 1 aliphatic heterocycles. The molecule has 1 heterocycles. The molecule has 18 heavy (non-hydrogen) atoms. The van der Waals surface area contributed by atoms with Crippen molar-refractivity contribution in [3.63, 3.8) is 0 Å². The normalized spacial score (nSPS) is 24.8. The summed E-state index contributed by atoms with van der Waals surface area (Å²) in [6.45, 7) is 5.46. The van der Waals surface area contributed by atoms with E-state index in [1.807, 2.05) is 4.90 Å². The van der Waals surface area contributed by atoms with Crippen molar-refractivity contribution < 1.29 is 4.79 Å². The van der Waals surface area contributed by atoms with Gasteiger partial charge in [-0.25, -0.2) is 0 Å². The summed E-state index contributed by atoms with van der Waals surface area (Å²) in [5, 5.41) is 0. The lowest BCUT2D eigenvalue weighted by Crippen LogP contribution is -2.49. The van der Waals surface area contributed by atoms with Crippen LogP contribution in [-0.4, -0.2) is 29.9 Å². The van der Waals surface area contributed by atoms with Gasteiger partial charge in [0.1, 0.15) is 0 Å². The molecule has 1 aliphatic carbocycles. The molecule has 3 heteroatoms. The molecule has 1 spiro atoms. The highest BCUT2D eigenvalue weighted by molar-refractivity contribution is 5.81. The number of carbonyl (C=O) groups excluding carboxylic acids is 1. The van der Waals surface area contributed by atoms with Gasteiger partial charge >= 0.3 is 0 Å². The summed E-state index contributed by atoms with van der Waals surface area (Å²) >= 11 is 0. The molecule has 0 aromatic carbocycles. The van der Waals surface area contributed by atoms with Gasteiger partial charge in [-0.1, -0.05) is 25.3 Å². The van der Waals surface area contributed by atoms with E-state index < -0.39 is 0 Å². The summed E-state index contributed by atoms with van der Waals surface area (Å²) in [5.74, 6) is 0.112. The van der Waals surface area contributed by atoms with Crippen LogP contribution in [0.1, 0.15) is 51.4 Å². The van der Waals surface area contributed by atoms with E-state index in [0.29, 0.717) is 11.8 Å². The molecule has 102 valence electrons. The van der Waals surface area contributed by atoms with Crippen LogP contribution in [0.3, 0.4) is 0 Å². The minimum absolute atomic E-state index is 0.112. The molecule has 0 radical (unpaired) electrons. The van der Waals surface area contributed by atoms with Gasteiger partial charge in [0.25, 0.3) is 0 Å². The Morgan fingerprint density at radius 3 is 2.39 bits per heavy atom. The highest BCUT2D eigenvalue weighted by Crippen LogP contribution is 2.44. The molecular weight excluding hydrogens is 224 g/mol. The van der Waals surface area contributed by atoms with Crippen LogP contribution in [0.5, 0.6) is 0 Å². The number of piperidine rings is 1. The van der Waals surface area contributed by atoms with Gasteiger partial charge in [0, 0.05) is 13.1 Å². The number of hydrogen-bond donors (Lipinski definition) is 1. The molecule has 1 amide bonds. The minimum atomic E-state index is -0.386. The minimum Gasteiger partial charge on any atom is -0.341 e. The van der Waals surface area contributed by atoms with E-state index >= 15 is 0 Å². The average molecular weight is 250 g/mol. The first-order valence-electron chi connectivity index (χ1n) is 7.32. The molecule has 1 saturated carbocycles. The Morgan fingerprint density at radius 1 is 1.22 bits per heavy atom. The van der Waals surface area contributed by atoms with Crippen molar-refractivity contribution in [2.24, 2.45) is 11.1 Å². The van der Waals surface area contributed by atoms with E-state index in [1.165, 1.54) is 44.9 Å². The molecule has 2 N–H and O–H groups in total. The van der Waals surface area contributed by atoms with Gasteiger partial charge < -0.3 is 10.6 Å². The van der Waals surface area contributed by atoms with Crippen molar-refractivity contribution in [1.29, 1.82) is 0 Å². The van der Waals surface area contributed by atoms with Gasteiger partial charge in [-0.05, 0) is 37.5 Å². The van der Waals surface area contributed by atoms with Crippen LogP contribution in [0.15, 0.2) is 12.7 Å². The lowest BCUT2D eigenvalue weighted by Gasteiger charge is -2.44. The monoisotopic (exact) mass is 250 g/mol. The van der Waals surface area contributed by atoms with E-state index in [2.05, 4.69) is 6.58 Å². The van der Waals surface area contributed by atoms with E-state index in [9.17, 15) is 4.79 Å². The zero-order valence-electron chi connectivity index (χ0n) is 11.4. The summed E-state index contributed by atoms with van der Waals surface area (Å²) in [7, 11) is 0. The Morgan fingerprint density at radius 2 is 1.83 bits per heavy atom. The highest BCUT2D eigenvalue weighted by Gasteiger charge is 2.37. The first kappa shape index (κ1) is 13.6. The topological polar surface area (TPSA) is 46.3 Å². The molecule has 1 atom stereocenters. The number of rotatable bonds is 3. The first-order valence-corrected chi connectivity index (χ1v) is 7.32. The fourth-order valence-electron chi connectivity index (χ4n) is 3.52.